The van der Waals surface area contributed by atoms with E-state index in [1.54, 1.807) is 24.3 Å². The maximum Gasteiger partial charge on any atom is 0.253 e. The lowest BCUT2D eigenvalue weighted by molar-refractivity contribution is -0.143. The highest BCUT2D eigenvalue weighted by Gasteiger charge is 2.42. The lowest BCUT2D eigenvalue weighted by atomic mass is 9.78. The van der Waals surface area contributed by atoms with E-state index in [0.29, 0.717) is 69.5 Å². The number of nitrogens with zero attached hydrogens (tertiary/aromatic N) is 3. The molecule has 3 fully saturated rings. The van der Waals surface area contributed by atoms with Gasteiger partial charge < -0.3 is 19.3 Å². The highest BCUT2D eigenvalue weighted by Crippen LogP contribution is 2.39. The molecule has 0 aromatic heterocycles. The molecule has 3 aliphatic heterocycles. The van der Waals surface area contributed by atoms with Crippen LogP contribution in [0.3, 0.4) is 0 Å². The van der Waals surface area contributed by atoms with Crippen molar-refractivity contribution in [1.29, 1.82) is 5.26 Å². The Morgan fingerprint density at radius 3 is 2.60 bits per heavy atom. The van der Waals surface area contributed by atoms with Gasteiger partial charge in [0.2, 0.25) is 5.91 Å². The fourth-order valence-corrected chi connectivity index (χ4v) is 4.86. The summed E-state index contributed by atoms with van der Waals surface area (Å²) < 4.78 is 11.6. The summed E-state index contributed by atoms with van der Waals surface area (Å²) >= 11 is 0. The minimum atomic E-state index is -0.223. The summed E-state index contributed by atoms with van der Waals surface area (Å²) in [5.74, 6) is 0.533. The monoisotopic (exact) mass is 411 g/mol. The van der Waals surface area contributed by atoms with Crippen LogP contribution < -0.4 is 0 Å². The molecule has 1 spiro atoms. The average Bonchev–Trinajstić information content (AvgIpc) is 2.80. The van der Waals surface area contributed by atoms with Gasteiger partial charge in [0.05, 0.1) is 30.4 Å². The number of rotatable bonds is 3. The zero-order valence-electron chi connectivity index (χ0n) is 17.3. The largest absolute Gasteiger partial charge is 0.378 e. The van der Waals surface area contributed by atoms with E-state index in [4.69, 9.17) is 14.7 Å². The zero-order chi connectivity index (χ0) is 21.0. The molecule has 3 aliphatic rings. The molecule has 0 radical (unpaired) electrons. The summed E-state index contributed by atoms with van der Waals surface area (Å²) in [6.45, 7) is 4.60. The van der Waals surface area contributed by atoms with Crippen LogP contribution in [-0.4, -0.2) is 73.2 Å². The van der Waals surface area contributed by atoms with Crippen molar-refractivity contribution in [3.05, 3.63) is 35.4 Å². The summed E-state index contributed by atoms with van der Waals surface area (Å²) in [5, 5.41) is 9.07. The topological polar surface area (TPSA) is 82.9 Å². The number of hydrogen-bond donors (Lipinski definition) is 0. The summed E-state index contributed by atoms with van der Waals surface area (Å²) in [5.41, 5.74) is 0.834. The molecule has 0 saturated carbocycles. The summed E-state index contributed by atoms with van der Waals surface area (Å²) in [4.78, 5) is 29.3. The number of carbonyl (C=O) groups excluding carboxylic acids is 2. The number of carbonyl (C=O) groups is 2. The summed E-state index contributed by atoms with van der Waals surface area (Å²) in [6, 6.07) is 8.95. The lowest BCUT2D eigenvalue weighted by Crippen LogP contribution is -2.51. The van der Waals surface area contributed by atoms with E-state index in [1.165, 1.54) is 0 Å². The van der Waals surface area contributed by atoms with Crippen molar-refractivity contribution in [3.8, 4) is 6.07 Å². The molecule has 0 bridgehead atoms. The van der Waals surface area contributed by atoms with Gasteiger partial charge in [-0.25, -0.2) is 0 Å². The SMILES string of the molecule is N#Cc1cccc(C(=O)N2CCC3(CC2)CC(CC(=O)N2CCOCC2)CCO3)c1. The van der Waals surface area contributed by atoms with E-state index >= 15 is 0 Å². The molecule has 2 amide bonds. The Bertz CT molecular complexity index is 820. The molecule has 1 aromatic carbocycles. The van der Waals surface area contributed by atoms with Gasteiger partial charge in [-0.2, -0.15) is 5.26 Å². The summed E-state index contributed by atoms with van der Waals surface area (Å²) in [7, 11) is 0. The Morgan fingerprint density at radius 1 is 1.10 bits per heavy atom. The first-order valence-corrected chi connectivity index (χ1v) is 10.9. The smallest absolute Gasteiger partial charge is 0.253 e. The third-order valence-corrected chi connectivity index (χ3v) is 6.62. The van der Waals surface area contributed by atoms with Crippen molar-refractivity contribution in [1.82, 2.24) is 9.80 Å². The fraction of sp³-hybridized carbons (Fsp3) is 0.609. The normalized spacial score (nSPS) is 23.8. The van der Waals surface area contributed by atoms with Crippen molar-refractivity contribution in [2.75, 3.05) is 46.0 Å². The minimum Gasteiger partial charge on any atom is -0.378 e. The van der Waals surface area contributed by atoms with Crippen LogP contribution in [0.5, 0.6) is 0 Å². The average molecular weight is 412 g/mol. The van der Waals surface area contributed by atoms with Gasteiger partial charge in [-0.15, -0.1) is 0 Å². The van der Waals surface area contributed by atoms with Crippen LogP contribution in [0.15, 0.2) is 24.3 Å². The van der Waals surface area contributed by atoms with Crippen LogP contribution in [0.1, 0.15) is 48.0 Å². The third-order valence-electron chi connectivity index (χ3n) is 6.62. The quantitative estimate of drug-likeness (QED) is 0.762. The van der Waals surface area contributed by atoms with E-state index in [0.717, 1.165) is 25.7 Å². The van der Waals surface area contributed by atoms with Gasteiger partial charge in [-0.1, -0.05) is 6.07 Å². The third kappa shape index (κ3) is 4.66. The Balaban J connectivity index is 1.32. The maximum atomic E-state index is 12.8. The first-order valence-electron chi connectivity index (χ1n) is 10.9. The van der Waals surface area contributed by atoms with Gasteiger partial charge >= 0.3 is 0 Å². The molecule has 7 heteroatoms. The van der Waals surface area contributed by atoms with E-state index in [2.05, 4.69) is 6.07 Å². The van der Waals surface area contributed by atoms with Crippen molar-refractivity contribution in [2.45, 2.75) is 37.7 Å². The Hall–Kier alpha value is -2.43. The van der Waals surface area contributed by atoms with E-state index in [1.807, 2.05) is 9.80 Å². The van der Waals surface area contributed by atoms with Gasteiger partial charge in [0.1, 0.15) is 0 Å². The second kappa shape index (κ2) is 9.15. The van der Waals surface area contributed by atoms with Crippen molar-refractivity contribution in [2.24, 2.45) is 5.92 Å². The molecular formula is C23H29N3O4. The molecule has 30 heavy (non-hydrogen) atoms. The number of likely N-dealkylation sites (tertiary alicyclic amines) is 1. The standard InChI is InChI=1S/C23H29N3O4/c24-17-19-2-1-3-20(14-19)22(28)26-7-5-23(6-8-26)16-18(4-11-30-23)15-21(27)25-9-12-29-13-10-25/h1-3,14,18H,4-13,15-16H2. The molecule has 0 N–H and O–H groups in total. The van der Waals surface area contributed by atoms with Gasteiger partial charge in [0.15, 0.2) is 0 Å². The predicted molar refractivity (Wildman–Crippen MR) is 110 cm³/mol. The van der Waals surface area contributed by atoms with Gasteiger partial charge in [-0.3, -0.25) is 9.59 Å². The van der Waals surface area contributed by atoms with Crippen LogP contribution in [0.2, 0.25) is 0 Å². The first kappa shape index (κ1) is 20.8. The van der Waals surface area contributed by atoms with Crippen molar-refractivity contribution < 1.29 is 19.1 Å². The molecular weight excluding hydrogens is 382 g/mol. The van der Waals surface area contributed by atoms with Crippen molar-refractivity contribution >= 4 is 11.8 Å². The second-order valence-corrected chi connectivity index (χ2v) is 8.57. The molecule has 1 aromatic rings. The number of amides is 2. The van der Waals surface area contributed by atoms with Gasteiger partial charge in [-0.05, 0) is 49.8 Å². The molecule has 160 valence electrons. The first-order chi connectivity index (χ1) is 14.6. The van der Waals surface area contributed by atoms with Crippen LogP contribution in [0.4, 0.5) is 0 Å². The Labute approximate surface area is 177 Å². The highest BCUT2D eigenvalue weighted by molar-refractivity contribution is 5.94. The van der Waals surface area contributed by atoms with E-state index in [9.17, 15) is 9.59 Å². The fourth-order valence-electron chi connectivity index (χ4n) is 4.86. The highest BCUT2D eigenvalue weighted by atomic mass is 16.5. The maximum absolute atomic E-state index is 12.8. The Morgan fingerprint density at radius 2 is 1.87 bits per heavy atom. The molecule has 0 aliphatic carbocycles. The van der Waals surface area contributed by atoms with E-state index < -0.39 is 0 Å². The molecule has 7 nitrogen and oxygen atoms in total. The molecule has 3 saturated heterocycles. The van der Waals surface area contributed by atoms with Gasteiger partial charge in [0, 0.05) is 44.8 Å². The van der Waals surface area contributed by atoms with Crippen LogP contribution >= 0.6 is 0 Å². The van der Waals surface area contributed by atoms with Crippen LogP contribution in [-0.2, 0) is 14.3 Å². The van der Waals surface area contributed by atoms with Gasteiger partial charge in [0.25, 0.3) is 5.91 Å². The van der Waals surface area contributed by atoms with Crippen LogP contribution in [0.25, 0.3) is 0 Å². The summed E-state index contributed by atoms with van der Waals surface area (Å²) in [6.07, 6.45) is 3.96. The second-order valence-electron chi connectivity index (χ2n) is 8.57. The van der Waals surface area contributed by atoms with Crippen molar-refractivity contribution in [3.63, 3.8) is 0 Å². The molecule has 1 unspecified atom stereocenters. The minimum absolute atomic E-state index is 0.0307. The number of nitriles is 1. The predicted octanol–water partition coefficient (Wildman–Crippen LogP) is 2.21. The number of ether oxygens (including phenoxy) is 2. The molecule has 4 rings (SSSR count). The lowest BCUT2D eigenvalue weighted by Gasteiger charge is -2.46. The number of hydrogen-bond acceptors (Lipinski definition) is 5. The Kier molecular flexibility index (Phi) is 6.35. The number of morpholine rings is 1. The zero-order valence-corrected chi connectivity index (χ0v) is 17.3. The number of piperidine rings is 1. The number of benzene rings is 1. The van der Waals surface area contributed by atoms with E-state index in [-0.39, 0.29) is 17.4 Å². The van der Waals surface area contributed by atoms with Crippen LogP contribution in [0, 0.1) is 17.2 Å². The molecule has 1 atom stereocenters. The molecule has 3 heterocycles.